The lowest BCUT2D eigenvalue weighted by Gasteiger charge is -2.01. The highest BCUT2D eigenvalue weighted by Gasteiger charge is 2.14. The van der Waals surface area contributed by atoms with Crippen LogP contribution in [0.15, 0.2) is 30.3 Å². The molecule has 1 aromatic rings. The third kappa shape index (κ3) is 4.17. The van der Waals surface area contributed by atoms with Crippen molar-refractivity contribution in [2.24, 2.45) is 5.73 Å². The molecule has 0 saturated heterocycles. The molecule has 6 heteroatoms. The number of hydrogen-bond donors (Lipinski definition) is 2. The van der Waals surface area contributed by atoms with Crippen molar-refractivity contribution in [1.29, 1.82) is 0 Å². The van der Waals surface area contributed by atoms with E-state index >= 15 is 0 Å². The van der Waals surface area contributed by atoms with Gasteiger partial charge >= 0.3 is 0 Å². The number of hydrogen-bond acceptors (Lipinski definition) is 4. The minimum atomic E-state index is -1.10. The number of carbonyl (C=O) groups is 1. The maximum absolute atomic E-state index is 10.2. The van der Waals surface area contributed by atoms with Gasteiger partial charge in [-0.05, 0) is 0 Å². The predicted molar refractivity (Wildman–Crippen MR) is 49.1 cm³/mol. The van der Waals surface area contributed by atoms with Crippen LogP contribution in [0.3, 0.4) is 0 Å². The largest absolute Gasteiger partial charge is 0.483 e. The maximum Gasteiger partial charge on any atom is 0.290 e. The summed E-state index contributed by atoms with van der Waals surface area (Å²) in [6.45, 7) is -0.250. The van der Waals surface area contributed by atoms with Crippen LogP contribution in [0, 0.1) is 10.1 Å². The minimum Gasteiger partial charge on any atom is -0.483 e. The lowest BCUT2D eigenvalue weighted by molar-refractivity contribution is -0.527. The molecule has 1 unspecified atom stereocenters. The molecule has 0 heterocycles. The fourth-order valence-corrected chi connectivity index (χ4v) is 0.772. The summed E-state index contributed by atoms with van der Waals surface area (Å²) in [7, 11) is 0. The summed E-state index contributed by atoms with van der Waals surface area (Å²) >= 11 is 0. The molecular formula is C8H10N2O4. The highest BCUT2D eigenvalue weighted by atomic mass is 16.6. The number of nitrogens with zero attached hydrogens (tertiary/aromatic N) is 1. The lowest BCUT2D eigenvalue weighted by atomic mass is 10.2. The van der Waals surface area contributed by atoms with Gasteiger partial charge in [0.25, 0.3) is 12.6 Å². The number of nitro groups is 1. The molecule has 1 rings (SSSR count). The number of rotatable bonds is 2. The summed E-state index contributed by atoms with van der Waals surface area (Å²) in [5.74, 6) is 0. The molecule has 0 spiro atoms. The molecule has 1 atom stereocenters. The van der Waals surface area contributed by atoms with Gasteiger partial charge in [-0.25, -0.2) is 0 Å². The Morgan fingerprint density at radius 1 is 1.43 bits per heavy atom. The lowest BCUT2D eigenvalue weighted by Crippen LogP contribution is -2.19. The monoisotopic (exact) mass is 198 g/mol. The number of carboxylic acid groups (broad SMARTS) is 1. The molecular weight excluding hydrogens is 188 g/mol. The molecule has 0 aliphatic rings. The van der Waals surface area contributed by atoms with E-state index in [1.54, 1.807) is 30.3 Å². The number of nitrogens with two attached hydrogens (primary N) is 1. The zero-order valence-electron chi connectivity index (χ0n) is 7.24. The van der Waals surface area contributed by atoms with Crippen molar-refractivity contribution in [1.82, 2.24) is 0 Å². The molecule has 0 amide bonds. The smallest absolute Gasteiger partial charge is 0.290 e. The van der Waals surface area contributed by atoms with Gasteiger partial charge in [0.1, 0.15) is 0 Å². The Kier molecular flexibility index (Phi) is 5.64. The minimum absolute atomic E-state index is 0.250. The summed E-state index contributed by atoms with van der Waals surface area (Å²) in [6, 6.07) is 8.49. The first-order valence-electron chi connectivity index (χ1n) is 3.65. The van der Waals surface area contributed by atoms with E-state index in [1.165, 1.54) is 0 Å². The third-order valence-electron chi connectivity index (χ3n) is 1.37. The van der Waals surface area contributed by atoms with E-state index in [0.717, 1.165) is 0 Å². The van der Waals surface area contributed by atoms with E-state index in [2.05, 4.69) is 0 Å². The van der Waals surface area contributed by atoms with Crippen molar-refractivity contribution in [2.45, 2.75) is 6.17 Å². The van der Waals surface area contributed by atoms with Crippen LogP contribution in [-0.4, -0.2) is 16.5 Å². The molecule has 0 aliphatic carbocycles. The van der Waals surface area contributed by atoms with Crippen LogP contribution < -0.4 is 5.73 Å². The third-order valence-corrected chi connectivity index (χ3v) is 1.37. The zero-order valence-corrected chi connectivity index (χ0v) is 7.24. The van der Waals surface area contributed by atoms with E-state index in [4.69, 9.17) is 15.6 Å². The first-order chi connectivity index (χ1) is 6.63. The fourth-order valence-electron chi connectivity index (χ4n) is 0.772. The van der Waals surface area contributed by atoms with Crippen LogP contribution in [0.2, 0.25) is 0 Å². The van der Waals surface area contributed by atoms with E-state index in [9.17, 15) is 10.1 Å². The molecule has 0 saturated carbocycles. The standard InChI is InChI=1S/C7H8N2O2.CH2O2/c8-7(9(10)11)6-4-2-1-3-5-6;2-1-3/h1-5,7H,8H2;1H,(H,2,3). The molecule has 76 valence electrons. The normalized spacial score (nSPS) is 10.6. The summed E-state index contributed by atoms with van der Waals surface area (Å²) in [4.78, 5) is 18.0. The molecule has 0 aliphatic heterocycles. The molecule has 14 heavy (non-hydrogen) atoms. The van der Waals surface area contributed by atoms with Crippen LogP contribution >= 0.6 is 0 Å². The van der Waals surface area contributed by atoms with E-state index < -0.39 is 11.1 Å². The van der Waals surface area contributed by atoms with Gasteiger partial charge in [0.15, 0.2) is 0 Å². The maximum atomic E-state index is 10.2. The Hall–Kier alpha value is -1.95. The second-order valence-electron chi connectivity index (χ2n) is 2.25. The molecule has 0 aromatic heterocycles. The average molecular weight is 198 g/mol. The first-order valence-corrected chi connectivity index (χ1v) is 3.65. The van der Waals surface area contributed by atoms with Gasteiger partial charge in [0.2, 0.25) is 0 Å². The molecule has 1 aromatic carbocycles. The van der Waals surface area contributed by atoms with Crippen LogP contribution in [-0.2, 0) is 4.79 Å². The average Bonchev–Trinajstić information content (AvgIpc) is 2.19. The van der Waals surface area contributed by atoms with Crippen molar-refractivity contribution < 1.29 is 14.8 Å². The van der Waals surface area contributed by atoms with Crippen LogP contribution in [0.1, 0.15) is 11.7 Å². The summed E-state index contributed by atoms with van der Waals surface area (Å²) in [6.07, 6.45) is -1.10. The zero-order chi connectivity index (χ0) is 11.0. The Labute approximate surface area is 80.1 Å². The summed E-state index contributed by atoms with van der Waals surface area (Å²) < 4.78 is 0. The second kappa shape index (κ2) is 6.55. The van der Waals surface area contributed by atoms with Crippen LogP contribution in [0.25, 0.3) is 0 Å². The molecule has 6 nitrogen and oxygen atoms in total. The van der Waals surface area contributed by atoms with Crippen molar-refractivity contribution in [3.05, 3.63) is 46.0 Å². The van der Waals surface area contributed by atoms with Crippen molar-refractivity contribution in [3.63, 3.8) is 0 Å². The Balaban J connectivity index is 0.000000500. The molecule has 0 fully saturated rings. The van der Waals surface area contributed by atoms with Gasteiger partial charge in [-0.3, -0.25) is 20.6 Å². The highest BCUT2D eigenvalue weighted by molar-refractivity contribution is 5.32. The Morgan fingerprint density at radius 2 is 1.86 bits per heavy atom. The Bertz CT molecular complexity index is 289. The Morgan fingerprint density at radius 3 is 2.21 bits per heavy atom. The van der Waals surface area contributed by atoms with E-state index in [-0.39, 0.29) is 6.47 Å². The topological polar surface area (TPSA) is 106 Å². The molecule has 0 bridgehead atoms. The summed E-state index contributed by atoms with van der Waals surface area (Å²) in [5, 5.41) is 17.1. The summed E-state index contributed by atoms with van der Waals surface area (Å²) in [5.41, 5.74) is 5.76. The van der Waals surface area contributed by atoms with Gasteiger partial charge in [0.05, 0.1) is 0 Å². The predicted octanol–water partition coefficient (Wildman–Crippen LogP) is 0.621. The first kappa shape index (κ1) is 12.0. The van der Waals surface area contributed by atoms with Gasteiger partial charge in [-0.1, -0.05) is 30.3 Å². The van der Waals surface area contributed by atoms with Gasteiger partial charge in [-0.2, -0.15) is 0 Å². The van der Waals surface area contributed by atoms with Crippen molar-refractivity contribution in [3.8, 4) is 0 Å². The van der Waals surface area contributed by atoms with Crippen LogP contribution in [0.4, 0.5) is 0 Å². The SMILES string of the molecule is NC(c1ccccc1)[N+](=O)[O-].O=CO. The van der Waals surface area contributed by atoms with Crippen LogP contribution in [0.5, 0.6) is 0 Å². The van der Waals surface area contributed by atoms with Gasteiger partial charge < -0.3 is 5.11 Å². The van der Waals surface area contributed by atoms with E-state index in [0.29, 0.717) is 5.56 Å². The van der Waals surface area contributed by atoms with E-state index in [1.807, 2.05) is 0 Å². The number of benzene rings is 1. The van der Waals surface area contributed by atoms with Crippen molar-refractivity contribution >= 4 is 6.47 Å². The second-order valence-corrected chi connectivity index (χ2v) is 2.25. The highest BCUT2D eigenvalue weighted by Crippen LogP contribution is 2.08. The molecule has 0 radical (unpaired) electrons. The molecule has 3 N–H and O–H groups in total. The fraction of sp³-hybridized carbons (Fsp3) is 0.125. The van der Waals surface area contributed by atoms with Gasteiger partial charge in [0, 0.05) is 10.5 Å². The quantitative estimate of drug-likeness (QED) is 0.313. The van der Waals surface area contributed by atoms with Crippen molar-refractivity contribution in [2.75, 3.05) is 0 Å². The van der Waals surface area contributed by atoms with Gasteiger partial charge in [-0.15, -0.1) is 0 Å².